The van der Waals surface area contributed by atoms with Gasteiger partial charge in [0.2, 0.25) is 0 Å². The molecule has 2 aromatic rings. The zero-order chi connectivity index (χ0) is 19.4. The van der Waals surface area contributed by atoms with Crippen LogP contribution >= 0.6 is 15.9 Å². The quantitative estimate of drug-likeness (QED) is 0.733. The molecule has 5 nitrogen and oxygen atoms in total. The van der Waals surface area contributed by atoms with Crippen LogP contribution in [0.2, 0.25) is 0 Å². The molecule has 144 valence electrons. The number of carboxylic acid groups (broad SMARTS) is 1. The van der Waals surface area contributed by atoms with Gasteiger partial charge in [0.1, 0.15) is 11.5 Å². The number of likely N-dealkylation sites (tertiary alicyclic amines) is 1. The first-order valence-corrected chi connectivity index (χ1v) is 9.77. The van der Waals surface area contributed by atoms with Crippen LogP contribution in [0.25, 0.3) is 0 Å². The summed E-state index contributed by atoms with van der Waals surface area (Å²) >= 11 is 3.68. The van der Waals surface area contributed by atoms with E-state index in [1.807, 2.05) is 36.4 Å². The van der Waals surface area contributed by atoms with E-state index in [0.717, 1.165) is 40.2 Å². The minimum absolute atomic E-state index is 0.0313. The van der Waals surface area contributed by atoms with Crippen LogP contribution in [-0.4, -0.2) is 43.3 Å². The molecule has 27 heavy (non-hydrogen) atoms. The molecule has 0 spiro atoms. The first-order chi connectivity index (χ1) is 13.0. The van der Waals surface area contributed by atoms with E-state index in [-0.39, 0.29) is 12.0 Å². The first kappa shape index (κ1) is 19.7. The predicted octanol–water partition coefficient (Wildman–Crippen LogP) is 4.35. The van der Waals surface area contributed by atoms with Gasteiger partial charge in [0.05, 0.1) is 26.2 Å². The number of carboxylic acids is 1. The molecule has 1 aliphatic rings. The van der Waals surface area contributed by atoms with Crippen molar-refractivity contribution in [1.82, 2.24) is 4.90 Å². The molecule has 0 aliphatic carbocycles. The molecule has 1 atom stereocenters. The van der Waals surface area contributed by atoms with Crippen molar-refractivity contribution in [1.29, 1.82) is 0 Å². The highest BCUT2D eigenvalue weighted by Gasteiger charge is 2.32. The molecule has 0 amide bonds. The van der Waals surface area contributed by atoms with Crippen LogP contribution in [0.5, 0.6) is 11.5 Å². The maximum Gasteiger partial charge on any atom is 0.306 e. The molecule has 1 N–H and O–H groups in total. The molecule has 1 fully saturated rings. The Morgan fingerprint density at radius 3 is 2.41 bits per heavy atom. The number of aliphatic carboxylic acids is 1. The first-order valence-electron chi connectivity index (χ1n) is 8.98. The third kappa shape index (κ3) is 4.28. The van der Waals surface area contributed by atoms with Gasteiger partial charge in [-0.1, -0.05) is 34.1 Å². The van der Waals surface area contributed by atoms with E-state index in [2.05, 4.69) is 26.9 Å². The van der Waals surface area contributed by atoms with Crippen molar-refractivity contribution in [2.75, 3.05) is 27.3 Å². The molecular weight excluding hydrogens is 410 g/mol. The maximum atomic E-state index is 11.3. The van der Waals surface area contributed by atoms with Crippen LogP contribution in [0, 0.1) is 5.92 Å². The van der Waals surface area contributed by atoms with Crippen LogP contribution in [0.15, 0.2) is 46.9 Å². The van der Waals surface area contributed by atoms with Crippen molar-refractivity contribution >= 4 is 21.9 Å². The molecule has 0 aromatic heterocycles. The molecule has 2 aromatic carbocycles. The Bertz CT molecular complexity index is 803. The van der Waals surface area contributed by atoms with Gasteiger partial charge in [-0.2, -0.15) is 0 Å². The summed E-state index contributed by atoms with van der Waals surface area (Å²) in [5, 5.41) is 9.32. The fourth-order valence-electron chi connectivity index (χ4n) is 3.71. The number of rotatable bonds is 6. The monoisotopic (exact) mass is 433 g/mol. The van der Waals surface area contributed by atoms with Gasteiger partial charge < -0.3 is 14.6 Å². The Morgan fingerprint density at radius 1 is 1.11 bits per heavy atom. The van der Waals surface area contributed by atoms with Crippen molar-refractivity contribution in [3.63, 3.8) is 0 Å². The summed E-state index contributed by atoms with van der Waals surface area (Å²) < 4.78 is 12.0. The molecule has 0 saturated carbocycles. The largest absolute Gasteiger partial charge is 0.497 e. The van der Waals surface area contributed by atoms with Gasteiger partial charge in [-0.3, -0.25) is 9.69 Å². The number of hydrogen-bond acceptors (Lipinski definition) is 4. The third-order valence-corrected chi connectivity index (χ3v) is 5.90. The SMILES string of the molecule is COc1ccc(C(c2ccccc2Br)N2CCC(C(=O)O)CC2)c(OC)c1. The highest BCUT2D eigenvalue weighted by molar-refractivity contribution is 9.10. The minimum atomic E-state index is -0.700. The molecule has 3 rings (SSSR count). The Balaban J connectivity index is 2.02. The lowest BCUT2D eigenvalue weighted by Gasteiger charge is -2.38. The lowest BCUT2D eigenvalue weighted by Crippen LogP contribution is -2.39. The van der Waals surface area contributed by atoms with E-state index in [0.29, 0.717) is 12.8 Å². The smallest absolute Gasteiger partial charge is 0.306 e. The molecule has 1 saturated heterocycles. The van der Waals surface area contributed by atoms with Crippen LogP contribution in [0.3, 0.4) is 0 Å². The Morgan fingerprint density at radius 2 is 1.81 bits per heavy atom. The number of benzene rings is 2. The maximum absolute atomic E-state index is 11.3. The van der Waals surface area contributed by atoms with Crippen LogP contribution in [-0.2, 0) is 4.79 Å². The van der Waals surface area contributed by atoms with E-state index in [1.54, 1.807) is 14.2 Å². The van der Waals surface area contributed by atoms with Gasteiger partial charge in [0, 0.05) is 16.1 Å². The Kier molecular flexibility index (Phi) is 6.39. The van der Waals surface area contributed by atoms with Gasteiger partial charge in [-0.25, -0.2) is 0 Å². The summed E-state index contributed by atoms with van der Waals surface area (Å²) in [5.74, 6) is 0.537. The van der Waals surface area contributed by atoms with Crippen LogP contribution in [0.4, 0.5) is 0 Å². The van der Waals surface area contributed by atoms with E-state index in [4.69, 9.17) is 9.47 Å². The molecule has 1 heterocycles. The van der Waals surface area contributed by atoms with E-state index >= 15 is 0 Å². The van der Waals surface area contributed by atoms with Crippen molar-refractivity contribution in [2.24, 2.45) is 5.92 Å². The summed E-state index contributed by atoms with van der Waals surface area (Å²) in [4.78, 5) is 13.7. The molecule has 0 radical (unpaired) electrons. The Hall–Kier alpha value is -2.05. The lowest BCUT2D eigenvalue weighted by molar-refractivity contribution is -0.143. The average molecular weight is 434 g/mol. The van der Waals surface area contributed by atoms with Crippen LogP contribution in [0.1, 0.15) is 30.0 Å². The number of nitrogens with zero attached hydrogens (tertiary/aromatic N) is 1. The number of ether oxygens (including phenoxy) is 2. The lowest BCUT2D eigenvalue weighted by atomic mass is 9.91. The van der Waals surface area contributed by atoms with Gasteiger partial charge in [0.15, 0.2) is 0 Å². The van der Waals surface area contributed by atoms with Gasteiger partial charge in [-0.05, 0) is 49.7 Å². The summed E-state index contributed by atoms with van der Waals surface area (Å²) in [7, 11) is 3.29. The Labute approximate surface area is 168 Å². The van der Waals surface area contributed by atoms with Crippen molar-refractivity contribution in [2.45, 2.75) is 18.9 Å². The third-order valence-electron chi connectivity index (χ3n) is 5.18. The zero-order valence-corrected chi connectivity index (χ0v) is 17.1. The van der Waals surface area contributed by atoms with E-state index in [9.17, 15) is 9.90 Å². The van der Waals surface area contributed by atoms with Crippen molar-refractivity contribution in [3.8, 4) is 11.5 Å². The molecular formula is C21H24BrNO4. The summed E-state index contributed by atoms with van der Waals surface area (Å²) in [6, 6.07) is 14.0. The summed E-state index contributed by atoms with van der Waals surface area (Å²) in [6.45, 7) is 1.44. The zero-order valence-electron chi connectivity index (χ0n) is 15.5. The van der Waals surface area contributed by atoms with Crippen LogP contribution < -0.4 is 9.47 Å². The molecule has 1 aliphatic heterocycles. The van der Waals surface area contributed by atoms with Gasteiger partial charge in [0.25, 0.3) is 0 Å². The topological polar surface area (TPSA) is 59.0 Å². The summed E-state index contributed by atoms with van der Waals surface area (Å²) in [6.07, 6.45) is 1.30. The number of carbonyl (C=O) groups is 1. The fraction of sp³-hybridized carbons (Fsp3) is 0.381. The number of halogens is 1. The fourth-order valence-corrected chi connectivity index (χ4v) is 4.21. The second kappa shape index (κ2) is 8.76. The second-order valence-electron chi connectivity index (χ2n) is 6.68. The van der Waals surface area contributed by atoms with Gasteiger partial charge in [-0.15, -0.1) is 0 Å². The number of piperidine rings is 1. The number of methoxy groups -OCH3 is 2. The highest BCUT2D eigenvalue weighted by atomic mass is 79.9. The van der Waals surface area contributed by atoms with E-state index < -0.39 is 5.97 Å². The van der Waals surface area contributed by atoms with Gasteiger partial charge >= 0.3 is 5.97 Å². The highest BCUT2D eigenvalue weighted by Crippen LogP contribution is 2.40. The molecule has 6 heteroatoms. The second-order valence-corrected chi connectivity index (χ2v) is 7.53. The van der Waals surface area contributed by atoms with Crippen molar-refractivity contribution < 1.29 is 19.4 Å². The molecule has 1 unspecified atom stereocenters. The predicted molar refractivity (Wildman–Crippen MR) is 107 cm³/mol. The summed E-state index contributed by atoms with van der Waals surface area (Å²) in [5.41, 5.74) is 2.17. The van der Waals surface area contributed by atoms with E-state index in [1.165, 1.54) is 0 Å². The number of hydrogen-bond donors (Lipinski definition) is 1. The van der Waals surface area contributed by atoms with Crippen molar-refractivity contribution in [3.05, 3.63) is 58.1 Å². The standard InChI is InChI=1S/C21H24BrNO4/c1-26-15-7-8-17(19(13-15)27-2)20(16-5-3-4-6-18(16)22)23-11-9-14(10-12-23)21(24)25/h3-8,13-14,20H,9-12H2,1-2H3,(H,24,25). The average Bonchev–Trinajstić information content (AvgIpc) is 2.70. The molecule has 0 bridgehead atoms. The minimum Gasteiger partial charge on any atom is -0.497 e. The normalized spacial score (nSPS) is 16.7.